The van der Waals surface area contributed by atoms with Gasteiger partial charge in [0.15, 0.2) is 5.16 Å². The van der Waals surface area contributed by atoms with E-state index < -0.39 is 0 Å². The number of nitrogens with one attached hydrogen (secondary N) is 1. The van der Waals surface area contributed by atoms with Crippen LogP contribution in [-0.4, -0.2) is 26.4 Å². The minimum absolute atomic E-state index is 0.145. The van der Waals surface area contributed by atoms with Gasteiger partial charge in [0, 0.05) is 0 Å². The summed E-state index contributed by atoms with van der Waals surface area (Å²) >= 11 is 7.38. The summed E-state index contributed by atoms with van der Waals surface area (Å²) in [6, 6.07) is 13.3. The van der Waals surface area contributed by atoms with E-state index in [-0.39, 0.29) is 11.7 Å². The van der Waals surface area contributed by atoms with E-state index in [1.807, 2.05) is 35.8 Å². The molecule has 1 amide bonds. The Morgan fingerprint density at radius 1 is 1.24 bits per heavy atom. The number of carbonyl (C=O) groups is 1. The molecule has 128 valence electrons. The van der Waals surface area contributed by atoms with Gasteiger partial charge in [-0.1, -0.05) is 53.2 Å². The number of hydrogen-bond donors (Lipinski definition) is 1. The number of anilines is 1. The van der Waals surface area contributed by atoms with Crippen LogP contribution in [-0.2, 0) is 4.79 Å². The van der Waals surface area contributed by atoms with Gasteiger partial charge >= 0.3 is 0 Å². The number of halogens is 1. The van der Waals surface area contributed by atoms with Crippen molar-refractivity contribution in [3.05, 3.63) is 64.9 Å². The molecule has 1 N–H and O–H groups in total. The van der Waals surface area contributed by atoms with E-state index in [1.165, 1.54) is 17.3 Å². The molecule has 1 aromatic heterocycles. The first-order chi connectivity index (χ1) is 12.0. The van der Waals surface area contributed by atoms with Gasteiger partial charge < -0.3 is 5.32 Å². The van der Waals surface area contributed by atoms with Crippen LogP contribution in [0.5, 0.6) is 0 Å². The van der Waals surface area contributed by atoms with Crippen molar-refractivity contribution in [3.63, 3.8) is 0 Å². The summed E-state index contributed by atoms with van der Waals surface area (Å²) in [6.07, 6.45) is 1.66. The van der Waals surface area contributed by atoms with Crippen molar-refractivity contribution in [1.29, 1.82) is 0 Å². The van der Waals surface area contributed by atoms with Crippen LogP contribution < -0.4 is 5.32 Å². The highest BCUT2D eigenvalue weighted by atomic mass is 35.5. The zero-order valence-electron chi connectivity index (χ0n) is 13.9. The number of hydrogen-bond acceptors (Lipinski definition) is 4. The fourth-order valence-corrected chi connectivity index (χ4v) is 3.35. The normalized spacial score (nSPS) is 10.7. The molecule has 7 heteroatoms. The lowest BCUT2D eigenvalue weighted by Gasteiger charge is -2.10. The van der Waals surface area contributed by atoms with E-state index in [0.29, 0.717) is 15.9 Å². The Labute approximate surface area is 155 Å². The molecular weight excluding hydrogens is 356 g/mol. The summed E-state index contributed by atoms with van der Waals surface area (Å²) in [5.41, 5.74) is 3.93. The maximum Gasteiger partial charge on any atom is 0.234 e. The number of thioether (sulfide) groups is 1. The highest BCUT2D eigenvalue weighted by molar-refractivity contribution is 7.99. The molecular formula is C18H17ClN4OS. The van der Waals surface area contributed by atoms with Crippen molar-refractivity contribution in [1.82, 2.24) is 14.8 Å². The first-order valence-corrected chi connectivity index (χ1v) is 9.06. The van der Waals surface area contributed by atoms with Crippen molar-refractivity contribution in [2.45, 2.75) is 19.0 Å². The Hall–Kier alpha value is -2.31. The zero-order chi connectivity index (χ0) is 17.8. The molecule has 5 nitrogen and oxygen atoms in total. The van der Waals surface area contributed by atoms with Crippen molar-refractivity contribution in [2.75, 3.05) is 11.1 Å². The second kappa shape index (κ2) is 7.72. The third kappa shape index (κ3) is 4.21. The third-order valence-corrected chi connectivity index (χ3v) is 4.88. The summed E-state index contributed by atoms with van der Waals surface area (Å²) in [7, 11) is 0. The van der Waals surface area contributed by atoms with Gasteiger partial charge in [0.1, 0.15) is 6.33 Å². The lowest BCUT2D eigenvalue weighted by atomic mass is 10.1. The molecule has 0 atom stereocenters. The molecule has 0 radical (unpaired) electrons. The minimum atomic E-state index is -0.145. The van der Waals surface area contributed by atoms with Crippen molar-refractivity contribution >= 4 is 35.0 Å². The van der Waals surface area contributed by atoms with Crippen LogP contribution in [0.15, 0.2) is 53.9 Å². The van der Waals surface area contributed by atoms with Crippen LogP contribution in [0.4, 0.5) is 5.69 Å². The average Bonchev–Trinajstić information content (AvgIpc) is 3.03. The number of benzene rings is 2. The van der Waals surface area contributed by atoms with E-state index in [4.69, 9.17) is 11.6 Å². The van der Waals surface area contributed by atoms with E-state index in [9.17, 15) is 4.79 Å². The van der Waals surface area contributed by atoms with Crippen molar-refractivity contribution in [3.8, 4) is 5.69 Å². The number of carbonyl (C=O) groups excluding carboxylic acids is 1. The summed E-state index contributed by atoms with van der Waals surface area (Å²) in [4.78, 5) is 12.2. The van der Waals surface area contributed by atoms with Gasteiger partial charge in [-0.05, 0) is 37.6 Å². The molecule has 0 aliphatic rings. The van der Waals surface area contributed by atoms with Crippen molar-refractivity contribution in [2.24, 2.45) is 0 Å². The second-order valence-electron chi connectivity index (χ2n) is 5.59. The Bertz CT molecular complexity index is 910. The van der Waals surface area contributed by atoms with Gasteiger partial charge in [-0.3, -0.25) is 9.36 Å². The zero-order valence-corrected chi connectivity index (χ0v) is 15.4. The van der Waals surface area contributed by atoms with E-state index in [0.717, 1.165) is 11.3 Å². The molecule has 0 unspecified atom stereocenters. The predicted octanol–water partition coefficient (Wildman–Crippen LogP) is 4.27. The number of rotatable bonds is 5. The Kier molecular flexibility index (Phi) is 5.40. The number of nitrogens with zero attached hydrogens (tertiary/aromatic N) is 3. The fraction of sp³-hybridized carbons (Fsp3) is 0.167. The Balaban J connectivity index is 1.69. The first kappa shape index (κ1) is 17.5. The molecule has 0 fully saturated rings. The van der Waals surface area contributed by atoms with Crippen LogP contribution in [0.1, 0.15) is 11.1 Å². The van der Waals surface area contributed by atoms with E-state index in [2.05, 4.69) is 28.5 Å². The molecule has 0 spiro atoms. The highest BCUT2D eigenvalue weighted by Gasteiger charge is 2.12. The Morgan fingerprint density at radius 3 is 2.80 bits per heavy atom. The van der Waals surface area contributed by atoms with Gasteiger partial charge in [0.25, 0.3) is 0 Å². The van der Waals surface area contributed by atoms with Crippen molar-refractivity contribution < 1.29 is 4.79 Å². The molecule has 1 heterocycles. The minimum Gasteiger partial charge on any atom is -0.324 e. The van der Waals surface area contributed by atoms with Gasteiger partial charge in [-0.15, -0.1) is 10.2 Å². The third-order valence-electron chi connectivity index (χ3n) is 3.61. The number of para-hydroxylation sites is 1. The molecule has 0 aliphatic heterocycles. The molecule has 3 aromatic rings. The van der Waals surface area contributed by atoms with Crippen LogP contribution in [0.2, 0.25) is 5.02 Å². The predicted molar refractivity (Wildman–Crippen MR) is 102 cm³/mol. The molecule has 0 bridgehead atoms. The number of amides is 1. The van der Waals surface area contributed by atoms with Crippen LogP contribution in [0.25, 0.3) is 5.69 Å². The monoisotopic (exact) mass is 372 g/mol. The summed E-state index contributed by atoms with van der Waals surface area (Å²) in [6.45, 7) is 4.10. The molecule has 0 saturated carbocycles. The quantitative estimate of drug-likeness (QED) is 0.679. The molecule has 2 aromatic carbocycles. The van der Waals surface area contributed by atoms with Gasteiger partial charge in [0.05, 0.1) is 22.2 Å². The SMILES string of the molecule is Cc1ccc(-n2cnnc2SCC(=O)Nc2ccccc2Cl)c(C)c1. The first-order valence-electron chi connectivity index (χ1n) is 7.69. The maximum absolute atomic E-state index is 12.2. The summed E-state index contributed by atoms with van der Waals surface area (Å²) in [5.74, 6) is 0.0720. The summed E-state index contributed by atoms with van der Waals surface area (Å²) < 4.78 is 1.89. The average molecular weight is 373 g/mol. The lowest BCUT2D eigenvalue weighted by molar-refractivity contribution is -0.113. The summed E-state index contributed by atoms with van der Waals surface area (Å²) in [5, 5.41) is 12.1. The topological polar surface area (TPSA) is 59.8 Å². The standard InChI is InChI=1S/C18H17ClN4OS/c1-12-7-8-16(13(2)9-12)23-11-20-22-18(23)25-10-17(24)21-15-6-4-3-5-14(15)19/h3-9,11H,10H2,1-2H3,(H,21,24). The highest BCUT2D eigenvalue weighted by Crippen LogP contribution is 2.24. The maximum atomic E-state index is 12.2. The number of aryl methyl sites for hydroxylation is 2. The fourth-order valence-electron chi connectivity index (χ4n) is 2.44. The molecule has 0 aliphatic carbocycles. The molecule has 0 saturated heterocycles. The largest absolute Gasteiger partial charge is 0.324 e. The van der Waals surface area contributed by atoms with Crippen LogP contribution in [0, 0.1) is 13.8 Å². The van der Waals surface area contributed by atoms with Gasteiger partial charge in [-0.2, -0.15) is 0 Å². The van der Waals surface area contributed by atoms with Crippen LogP contribution >= 0.6 is 23.4 Å². The lowest BCUT2D eigenvalue weighted by Crippen LogP contribution is -2.14. The smallest absolute Gasteiger partial charge is 0.234 e. The van der Waals surface area contributed by atoms with Gasteiger partial charge in [0.2, 0.25) is 5.91 Å². The van der Waals surface area contributed by atoms with Gasteiger partial charge in [-0.25, -0.2) is 0 Å². The van der Waals surface area contributed by atoms with E-state index >= 15 is 0 Å². The second-order valence-corrected chi connectivity index (χ2v) is 6.94. The number of aromatic nitrogens is 3. The van der Waals surface area contributed by atoms with E-state index in [1.54, 1.807) is 18.5 Å². The Morgan fingerprint density at radius 2 is 2.04 bits per heavy atom. The molecule has 25 heavy (non-hydrogen) atoms. The van der Waals surface area contributed by atoms with Crippen LogP contribution in [0.3, 0.4) is 0 Å². The molecule has 3 rings (SSSR count).